The summed E-state index contributed by atoms with van der Waals surface area (Å²) in [6.07, 6.45) is 0. The van der Waals surface area contributed by atoms with Crippen LogP contribution in [0.4, 0.5) is 16.2 Å². The van der Waals surface area contributed by atoms with Gasteiger partial charge in [0.15, 0.2) is 0 Å². The van der Waals surface area contributed by atoms with Crippen molar-refractivity contribution in [1.82, 2.24) is 10.3 Å². The molecule has 0 unspecified atom stereocenters. The predicted molar refractivity (Wildman–Crippen MR) is 127 cm³/mol. The Morgan fingerprint density at radius 2 is 1.64 bits per heavy atom. The van der Waals surface area contributed by atoms with Crippen LogP contribution in [0, 0.1) is 0 Å². The smallest absolute Gasteiger partial charge is 0.323 e. The van der Waals surface area contributed by atoms with E-state index in [0.29, 0.717) is 34.3 Å². The Kier molecular flexibility index (Phi) is 6.36. The minimum Gasteiger partial charge on any atom is -0.479 e. The summed E-state index contributed by atoms with van der Waals surface area (Å²) in [7, 11) is 3.08. The Morgan fingerprint density at radius 3 is 2.39 bits per heavy atom. The minimum absolute atomic E-state index is 0.191. The number of fused-ring (bicyclic) bond motifs is 1. The Bertz CT molecular complexity index is 1310. The molecule has 166 valence electrons. The number of nitrogens with one attached hydrogen (secondary N) is 3. The Morgan fingerprint density at radius 1 is 0.848 bits per heavy atom. The van der Waals surface area contributed by atoms with Crippen molar-refractivity contribution in [2.45, 2.75) is 0 Å². The van der Waals surface area contributed by atoms with E-state index in [9.17, 15) is 9.59 Å². The van der Waals surface area contributed by atoms with E-state index < -0.39 is 6.03 Å². The minimum atomic E-state index is -0.433. The van der Waals surface area contributed by atoms with E-state index in [0.717, 1.165) is 10.9 Å². The van der Waals surface area contributed by atoms with Gasteiger partial charge >= 0.3 is 6.03 Å². The van der Waals surface area contributed by atoms with Crippen LogP contribution >= 0.6 is 0 Å². The number of ether oxygens (including phenoxy) is 2. The molecule has 0 fully saturated rings. The average molecular weight is 442 g/mol. The van der Waals surface area contributed by atoms with Crippen molar-refractivity contribution < 1.29 is 19.1 Å². The highest BCUT2D eigenvalue weighted by molar-refractivity contribution is 6.01. The van der Waals surface area contributed by atoms with Gasteiger partial charge in [0.1, 0.15) is 17.2 Å². The summed E-state index contributed by atoms with van der Waals surface area (Å²) in [5, 5.41) is 9.01. The standard InChI is InChI=1S/C25H22N4O4/c1-26-23(30)17-7-5-8-20(14-17)33-19-12-10-18(11-13-19)27-25(31)29-22-15-16-6-3-4-9-21(16)28-24(22)32-2/h3-15H,1-2H3,(H,26,30)(H2,27,29,31). The number of urea groups is 1. The van der Waals surface area contributed by atoms with Crippen LogP contribution in [0.15, 0.2) is 78.9 Å². The van der Waals surface area contributed by atoms with Crippen molar-refractivity contribution >= 4 is 34.2 Å². The molecule has 4 aromatic rings. The number of nitrogens with zero attached hydrogens (tertiary/aromatic N) is 1. The highest BCUT2D eigenvalue weighted by Crippen LogP contribution is 2.27. The number of rotatable bonds is 6. The van der Waals surface area contributed by atoms with Gasteiger partial charge in [-0.2, -0.15) is 0 Å². The van der Waals surface area contributed by atoms with Gasteiger partial charge in [0.2, 0.25) is 5.88 Å². The van der Waals surface area contributed by atoms with Crippen LogP contribution in [-0.2, 0) is 0 Å². The first-order valence-electron chi connectivity index (χ1n) is 10.2. The molecule has 0 saturated carbocycles. The molecule has 0 saturated heterocycles. The number of carbonyl (C=O) groups excluding carboxylic acids is 2. The molecule has 1 heterocycles. The average Bonchev–Trinajstić information content (AvgIpc) is 2.84. The van der Waals surface area contributed by atoms with Crippen LogP contribution in [0.3, 0.4) is 0 Å². The molecule has 8 heteroatoms. The number of para-hydroxylation sites is 1. The number of amides is 3. The Hall–Kier alpha value is -4.59. The third kappa shape index (κ3) is 5.19. The second kappa shape index (κ2) is 9.69. The molecule has 4 rings (SSSR count). The molecular formula is C25H22N4O4. The molecule has 0 bridgehead atoms. The van der Waals surface area contributed by atoms with Crippen molar-refractivity contribution in [3.63, 3.8) is 0 Å². The van der Waals surface area contributed by atoms with Crippen LogP contribution in [0.2, 0.25) is 0 Å². The van der Waals surface area contributed by atoms with E-state index in [4.69, 9.17) is 9.47 Å². The van der Waals surface area contributed by atoms with Gasteiger partial charge in [-0.05, 0) is 54.6 Å². The molecule has 0 aliphatic rings. The molecule has 3 aromatic carbocycles. The lowest BCUT2D eigenvalue weighted by molar-refractivity contribution is 0.0962. The molecule has 3 amide bonds. The number of aromatic nitrogens is 1. The van der Waals surface area contributed by atoms with Crippen LogP contribution in [0.5, 0.6) is 17.4 Å². The topological polar surface area (TPSA) is 102 Å². The molecule has 3 N–H and O–H groups in total. The Balaban J connectivity index is 1.42. The van der Waals surface area contributed by atoms with Gasteiger partial charge in [0.05, 0.1) is 12.6 Å². The van der Waals surface area contributed by atoms with Gasteiger partial charge < -0.3 is 25.4 Å². The molecule has 8 nitrogen and oxygen atoms in total. The fraction of sp³-hybridized carbons (Fsp3) is 0.0800. The molecule has 0 spiro atoms. The second-order valence-corrected chi connectivity index (χ2v) is 7.05. The maximum absolute atomic E-state index is 12.5. The van der Waals surface area contributed by atoms with Gasteiger partial charge in [0, 0.05) is 23.7 Å². The zero-order valence-corrected chi connectivity index (χ0v) is 18.1. The molecular weight excluding hydrogens is 420 g/mol. The number of hydrogen-bond donors (Lipinski definition) is 3. The molecule has 0 aliphatic carbocycles. The van der Waals surface area contributed by atoms with E-state index >= 15 is 0 Å². The third-order valence-corrected chi connectivity index (χ3v) is 4.80. The lowest BCUT2D eigenvalue weighted by atomic mass is 10.2. The first kappa shape index (κ1) is 21.6. The monoisotopic (exact) mass is 442 g/mol. The lowest BCUT2D eigenvalue weighted by Crippen LogP contribution is -2.20. The molecule has 0 radical (unpaired) electrons. The van der Waals surface area contributed by atoms with Gasteiger partial charge in [0.25, 0.3) is 5.91 Å². The summed E-state index contributed by atoms with van der Waals surface area (Å²) < 4.78 is 11.1. The van der Waals surface area contributed by atoms with E-state index in [1.165, 1.54) is 7.11 Å². The van der Waals surface area contributed by atoms with E-state index in [1.807, 2.05) is 30.3 Å². The lowest BCUT2D eigenvalue weighted by Gasteiger charge is -2.12. The molecule has 1 aromatic heterocycles. The molecule has 0 aliphatic heterocycles. The summed E-state index contributed by atoms with van der Waals surface area (Å²) in [6.45, 7) is 0. The number of carbonyl (C=O) groups is 2. The molecule has 0 atom stereocenters. The fourth-order valence-corrected chi connectivity index (χ4v) is 3.22. The normalized spacial score (nSPS) is 10.4. The van der Waals surface area contributed by atoms with Gasteiger partial charge in [-0.3, -0.25) is 4.79 Å². The largest absolute Gasteiger partial charge is 0.479 e. The Labute approximate surface area is 190 Å². The van der Waals surface area contributed by atoms with Crippen LogP contribution < -0.4 is 25.4 Å². The quantitative estimate of drug-likeness (QED) is 0.388. The predicted octanol–water partition coefficient (Wildman–Crippen LogP) is 5.04. The SMILES string of the molecule is CNC(=O)c1cccc(Oc2ccc(NC(=O)Nc3cc4ccccc4nc3OC)cc2)c1. The zero-order chi connectivity index (χ0) is 23.2. The second-order valence-electron chi connectivity index (χ2n) is 7.05. The maximum Gasteiger partial charge on any atom is 0.323 e. The van der Waals surface area contributed by atoms with E-state index in [2.05, 4.69) is 20.9 Å². The van der Waals surface area contributed by atoms with Gasteiger partial charge in [-0.25, -0.2) is 9.78 Å². The van der Waals surface area contributed by atoms with Crippen LogP contribution in [-0.4, -0.2) is 31.1 Å². The van der Waals surface area contributed by atoms with Crippen molar-refractivity contribution in [1.29, 1.82) is 0 Å². The summed E-state index contributed by atoms with van der Waals surface area (Å²) in [5.41, 5.74) is 2.32. The number of benzene rings is 3. The van der Waals surface area contributed by atoms with E-state index in [1.54, 1.807) is 55.6 Å². The number of anilines is 2. The van der Waals surface area contributed by atoms with Gasteiger partial charge in [-0.1, -0.05) is 24.3 Å². The number of pyridine rings is 1. The summed E-state index contributed by atoms with van der Waals surface area (Å²) in [5.74, 6) is 1.23. The fourth-order valence-electron chi connectivity index (χ4n) is 3.22. The molecule has 33 heavy (non-hydrogen) atoms. The van der Waals surface area contributed by atoms with Crippen LogP contribution in [0.25, 0.3) is 10.9 Å². The zero-order valence-electron chi connectivity index (χ0n) is 18.1. The first-order chi connectivity index (χ1) is 16.1. The van der Waals surface area contributed by atoms with Crippen molar-refractivity contribution in [2.75, 3.05) is 24.8 Å². The third-order valence-electron chi connectivity index (χ3n) is 4.80. The highest BCUT2D eigenvalue weighted by atomic mass is 16.5. The number of hydrogen-bond acceptors (Lipinski definition) is 5. The van der Waals surface area contributed by atoms with Gasteiger partial charge in [-0.15, -0.1) is 0 Å². The van der Waals surface area contributed by atoms with Crippen molar-refractivity contribution in [3.05, 3.63) is 84.4 Å². The summed E-state index contributed by atoms with van der Waals surface area (Å²) >= 11 is 0. The first-order valence-corrected chi connectivity index (χ1v) is 10.2. The highest BCUT2D eigenvalue weighted by Gasteiger charge is 2.11. The van der Waals surface area contributed by atoms with E-state index in [-0.39, 0.29) is 5.91 Å². The number of methoxy groups -OCH3 is 1. The van der Waals surface area contributed by atoms with Crippen molar-refractivity contribution in [3.8, 4) is 17.4 Å². The summed E-state index contributed by atoms with van der Waals surface area (Å²) in [4.78, 5) is 28.7. The van der Waals surface area contributed by atoms with Crippen molar-refractivity contribution in [2.24, 2.45) is 0 Å². The van der Waals surface area contributed by atoms with Crippen LogP contribution in [0.1, 0.15) is 10.4 Å². The maximum atomic E-state index is 12.5. The summed E-state index contributed by atoms with van der Waals surface area (Å²) in [6, 6.07) is 22.7.